The van der Waals surface area contributed by atoms with Gasteiger partial charge in [0.15, 0.2) is 17.0 Å². The van der Waals surface area contributed by atoms with Crippen LogP contribution in [0.1, 0.15) is 5.82 Å². The molecule has 3 heterocycles. The van der Waals surface area contributed by atoms with E-state index in [0.29, 0.717) is 55.9 Å². The van der Waals surface area contributed by atoms with Crippen LogP contribution in [0.3, 0.4) is 0 Å². The molecule has 26 heavy (non-hydrogen) atoms. The van der Waals surface area contributed by atoms with Crippen LogP contribution in [0.5, 0.6) is 0 Å². The van der Waals surface area contributed by atoms with E-state index in [1.165, 1.54) is 6.33 Å². The number of rotatable bonds is 3. The number of nitrogens with two attached hydrogens (primary N) is 1. The van der Waals surface area contributed by atoms with Crippen molar-refractivity contribution in [3.05, 3.63) is 46.5 Å². The molecule has 0 saturated carbocycles. The highest BCUT2D eigenvalue weighted by Crippen LogP contribution is 2.34. The third kappa shape index (κ3) is 3.00. The van der Waals surface area contributed by atoms with Gasteiger partial charge < -0.3 is 16.0 Å². The molecule has 130 valence electrons. The van der Waals surface area contributed by atoms with Crippen LogP contribution in [0, 0.1) is 6.92 Å². The Morgan fingerprint density at radius 1 is 1.08 bits per heavy atom. The van der Waals surface area contributed by atoms with Gasteiger partial charge in [-0.25, -0.2) is 24.9 Å². The lowest BCUT2D eigenvalue weighted by Gasteiger charge is -2.06. The number of hydrogen-bond donors (Lipinski definition) is 3. The topological polar surface area (TPSA) is 118 Å². The first-order valence-corrected chi connectivity index (χ1v) is 8.30. The molecule has 0 spiro atoms. The summed E-state index contributed by atoms with van der Waals surface area (Å²) in [6.45, 7) is 1.75. The SMILES string of the molecule is Cc1nc(N)cc(Nc2ncnc3[nH]c(-c4c(Cl)cccc4Cl)nc23)n1. The van der Waals surface area contributed by atoms with Crippen molar-refractivity contribution in [2.45, 2.75) is 6.92 Å². The maximum atomic E-state index is 6.27. The number of aromatic nitrogens is 6. The van der Waals surface area contributed by atoms with E-state index < -0.39 is 0 Å². The number of benzene rings is 1. The number of nitrogens with one attached hydrogen (secondary N) is 2. The van der Waals surface area contributed by atoms with Crippen LogP contribution in [0.4, 0.5) is 17.5 Å². The Kier molecular flexibility index (Phi) is 4.06. The lowest BCUT2D eigenvalue weighted by Crippen LogP contribution is -2.02. The smallest absolute Gasteiger partial charge is 0.163 e. The Labute approximate surface area is 157 Å². The van der Waals surface area contributed by atoms with Crippen LogP contribution in [-0.4, -0.2) is 29.9 Å². The average molecular weight is 387 g/mol. The molecule has 0 amide bonds. The third-order valence-electron chi connectivity index (χ3n) is 3.59. The molecule has 0 bridgehead atoms. The fraction of sp³-hybridized carbons (Fsp3) is 0.0625. The molecule has 10 heteroatoms. The van der Waals surface area contributed by atoms with Crippen LogP contribution in [0.15, 0.2) is 30.6 Å². The van der Waals surface area contributed by atoms with Crippen molar-refractivity contribution >= 4 is 51.8 Å². The first-order chi connectivity index (χ1) is 12.5. The van der Waals surface area contributed by atoms with Crippen molar-refractivity contribution in [2.24, 2.45) is 0 Å². The lowest BCUT2D eigenvalue weighted by molar-refractivity contribution is 1.06. The lowest BCUT2D eigenvalue weighted by atomic mass is 10.2. The zero-order chi connectivity index (χ0) is 18.3. The summed E-state index contributed by atoms with van der Waals surface area (Å²) >= 11 is 12.5. The van der Waals surface area contributed by atoms with Gasteiger partial charge in [0.25, 0.3) is 0 Å². The molecular formula is C16H12Cl2N8. The minimum atomic E-state index is 0.357. The zero-order valence-corrected chi connectivity index (χ0v) is 15.0. The van der Waals surface area contributed by atoms with E-state index >= 15 is 0 Å². The number of anilines is 3. The maximum absolute atomic E-state index is 6.27. The highest BCUT2D eigenvalue weighted by atomic mass is 35.5. The molecule has 8 nitrogen and oxygen atoms in total. The summed E-state index contributed by atoms with van der Waals surface area (Å²) in [5.74, 6) is 2.38. The normalized spacial score (nSPS) is 11.0. The molecule has 3 aromatic heterocycles. The Balaban J connectivity index is 1.81. The number of hydrogen-bond acceptors (Lipinski definition) is 7. The van der Waals surface area contributed by atoms with Crippen LogP contribution in [0.2, 0.25) is 10.0 Å². The van der Waals surface area contributed by atoms with E-state index in [1.807, 2.05) is 0 Å². The summed E-state index contributed by atoms with van der Waals surface area (Å²) in [4.78, 5) is 24.5. The number of imidazole rings is 1. The van der Waals surface area contributed by atoms with Crippen molar-refractivity contribution in [2.75, 3.05) is 11.1 Å². The number of halogens is 2. The molecule has 0 saturated heterocycles. The number of fused-ring (bicyclic) bond motifs is 1. The van der Waals surface area contributed by atoms with Gasteiger partial charge in [-0.3, -0.25) is 0 Å². The summed E-state index contributed by atoms with van der Waals surface area (Å²) in [7, 11) is 0. The van der Waals surface area contributed by atoms with Crippen molar-refractivity contribution in [3.8, 4) is 11.4 Å². The second-order valence-corrected chi connectivity index (χ2v) is 6.27. The average Bonchev–Trinajstić information content (AvgIpc) is 2.98. The van der Waals surface area contributed by atoms with Crippen LogP contribution in [-0.2, 0) is 0 Å². The first kappa shape index (κ1) is 16.5. The number of aromatic amines is 1. The zero-order valence-electron chi connectivity index (χ0n) is 13.5. The molecule has 0 atom stereocenters. The van der Waals surface area contributed by atoms with E-state index in [1.54, 1.807) is 31.2 Å². The van der Waals surface area contributed by atoms with Crippen LogP contribution >= 0.6 is 23.2 Å². The van der Waals surface area contributed by atoms with Gasteiger partial charge >= 0.3 is 0 Å². The van der Waals surface area contributed by atoms with Gasteiger partial charge in [0.05, 0.1) is 15.6 Å². The van der Waals surface area contributed by atoms with E-state index in [9.17, 15) is 0 Å². The van der Waals surface area contributed by atoms with Gasteiger partial charge in [0.1, 0.15) is 29.6 Å². The summed E-state index contributed by atoms with van der Waals surface area (Å²) in [6.07, 6.45) is 1.41. The molecule has 0 aliphatic carbocycles. The summed E-state index contributed by atoms with van der Waals surface area (Å²) < 4.78 is 0. The Hall–Kier alpha value is -2.97. The molecule has 4 aromatic rings. The van der Waals surface area contributed by atoms with E-state index in [4.69, 9.17) is 28.9 Å². The molecular weight excluding hydrogens is 375 g/mol. The predicted octanol–water partition coefficient (Wildman–Crippen LogP) is 3.75. The Bertz CT molecular complexity index is 1080. The minimum absolute atomic E-state index is 0.357. The second kappa shape index (κ2) is 6.40. The highest BCUT2D eigenvalue weighted by Gasteiger charge is 2.16. The minimum Gasteiger partial charge on any atom is -0.384 e. The third-order valence-corrected chi connectivity index (χ3v) is 4.22. The van der Waals surface area contributed by atoms with Gasteiger partial charge in [-0.1, -0.05) is 29.3 Å². The standard InChI is InChI=1S/C16H12Cl2N8/c1-7-22-10(19)5-11(23-7)24-15-13-16(21-6-20-15)26-14(25-13)12-8(17)3-2-4-9(12)18/h2-6H,1H3,(H4,19,20,21,22,23,24,25,26). The monoisotopic (exact) mass is 386 g/mol. The quantitative estimate of drug-likeness (QED) is 0.490. The summed E-state index contributed by atoms with van der Waals surface area (Å²) in [5, 5.41) is 4.06. The molecule has 4 rings (SSSR count). The van der Waals surface area contributed by atoms with E-state index in [0.717, 1.165) is 0 Å². The number of H-pyrrole nitrogens is 1. The first-order valence-electron chi connectivity index (χ1n) is 7.54. The molecule has 0 unspecified atom stereocenters. The van der Waals surface area contributed by atoms with Gasteiger partial charge in [-0.2, -0.15) is 0 Å². The van der Waals surface area contributed by atoms with Crippen molar-refractivity contribution in [1.82, 2.24) is 29.9 Å². The molecule has 0 aliphatic rings. The van der Waals surface area contributed by atoms with E-state index in [-0.39, 0.29) is 0 Å². The fourth-order valence-corrected chi connectivity index (χ4v) is 3.11. The summed E-state index contributed by atoms with van der Waals surface area (Å²) in [5.41, 5.74) is 7.42. The number of aryl methyl sites for hydroxylation is 1. The van der Waals surface area contributed by atoms with Gasteiger partial charge in [0, 0.05) is 6.07 Å². The molecule has 4 N–H and O–H groups in total. The largest absolute Gasteiger partial charge is 0.384 e. The van der Waals surface area contributed by atoms with Gasteiger partial charge in [0.2, 0.25) is 0 Å². The Morgan fingerprint density at radius 3 is 2.58 bits per heavy atom. The van der Waals surface area contributed by atoms with Gasteiger partial charge in [-0.15, -0.1) is 0 Å². The number of nitrogens with zero attached hydrogens (tertiary/aromatic N) is 5. The fourth-order valence-electron chi connectivity index (χ4n) is 2.54. The van der Waals surface area contributed by atoms with Crippen molar-refractivity contribution in [3.63, 3.8) is 0 Å². The maximum Gasteiger partial charge on any atom is 0.163 e. The predicted molar refractivity (Wildman–Crippen MR) is 102 cm³/mol. The van der Waals surface area contributed by atoms with Crippen molar-refractivity contribution in [1.29, 1.82) is 0 Å². The Morgan fingerprint density at radius 2 is 1.85 bits per heavy atom. The van der Waals surface area contributed by atoms with Crippen LogP contribution < -0.4 is 11.1 Å². The van der Waals surface area contributed by atoms with E-state index in [2.05, 4.69) is 35.2 Å². The summed E-state index contributed by atoms with van der Waals surface area (Å²) in [6, 6.07) is 6.87. The highest BCUT2D eigenvalue weighted by molar-refractivity contribution is 6.39. The molecule has 0 fully saturated rings. The van der Waals surface area contributed by atoms with Crippen molar-refractivity contribution < 1.29 is 0 Å². The molecule has 0 aliphatic heterocycles. The second-order valence-electron chi connectivity index (χ2n) is 5.45. The molecule has 1 aromatic carbocycles. The van der Waals surface area contributed by atoms with Gasteiger partial charge in [-0.05, 0) is 19.1 Å². The number of nitrogen functional groups attached to an aromatic ring is 1. The van der Waals surface area contributed by atoms with Crippen LogP contribution in [0.25, 0.3) is 22.6 Å². The molecule has 0 radical (unpaired) electrons.